The Bertz CT molecular complexity index is 1720. The Hall–Kier alpha value is -4.74. The maximum Gasteiger partial charge on any atom is 0.439 e. The van der Waals surface area contributed by atoms with Crippen LogP contribution in [0.2, 0.25) is 0 Å². The third kappa shape index (κ3) is 4.48. The summed E-state index contributed by atoms with van der Waals surface area (Å²) in [6, 6.07) is 9.18. The molecule has 0 aliphatic carbocycles. The topological polar surface area (TPSA) is 127 Å². The first-order chi connectivity index (χ1) is 17.6. The molecule has 0 aliphatic rings. The van der Waals surface area contributed by atoms with E-state index >= 15 is 0 Å². The van der Waals surface area contributed by atoms with Crippen molar-refractivity contribution in [3.8, 4) is 23.0 Å². The minimum Gasteiger partial charge on any atom is -0.454 e. The number of halogens is 3. The lowest BCUT2D eigenvalue weighted by atomic mass is 9.98. The number of alkyl halides is 3. The highest BCUT2D eigenvalue weighted by atomic mass is 19.4. The van der Waals surface area contributed by atoms with E-state index in [0.717, 1.165) is 12.1 Å². The molecule has 37 heavy (non-hydrogen) atoms. The number of nitrogens with one attached hydrogen (secondary N) is 2. The van der Waals surface area contributed by atoms with Crippen molar-refractivity contribution in [3.63, 3.8) is 0 Å². The van der Waals surface area contributed by atoms with E-state index in [1.807, 2.05) is 0 Å². The summed E-state index contributed by atoms with van der Waals surface area (Å²) in [7, 11) is 0. The van der Waals surface area contributed by atoms with E-state index in [2.05, 4.69) is 29.9 Å². The number of anilines is 1. The first-order valence-electron chi connectivity index (χ1n) is 11.0. The van der Waals surface area contributed by atoms with E-state index in [9.17, 15) is 22.8 Å². The summed E-state index contributed by atoms with van der Waals surface area (Å²) < 4.78 is 52.1. The molecule has 12 heteroatoms. The van der Waals surface area contributed by atoms with Gasteiger partial charge in [0.1, 0.15) is 17.0 Å². The molecule has 0 aliphatic heterocycles. The van der Waals surface area contributed by atoms with Crippen LogP contribution in [0.3, 0.4) is 0 Å². The third-order valence-electron chi connectivity index (χ3n) is 5.78. The summed E-state index contributed by atoms with van der Waals surface area (Å²) >= 11 is 0. The number of benzene rings is 1. The van der Waals surface area contributed by atoms with E-state index in [-0.39, 0.29) is 39.4 Å². The van der Waals surface area contributed by atoms with Gasteiger partial charge in [0.2, 0.25) is 5.82 Å². The van der Waals surface area contributed by atoms with Crippen LogP contribution in [0, 0.1) is 6.92 Å². The van der Waals surface area contributed by atoms with Crippen LogP contribution in [-0.4, -0.2) is 20.1 Å². The summed E-state index contributed by atoms with van der Waals surface area (Å²) in [4.78, 5) is 35.5. The average Bonchev–Trinajstić information content (AvgIpc) is 3.31. The third-order valence-corrected chi connectivity index (χ3v) is 5.78. The molecule has 5 aromatic rings. The number of aromatic amines is 1. The van der Waals surface area contributed by atoms with E-state index in [4.69, 9.17) is 4.42 Å². The number of pyridine rings is 2. The molecule has 0 fully saturated rings. The second kappa shape index (κ2) is 9.04. The summed E-state index contributed by atoms with van der Waals surface area (Å²) in [5.74, 6) is -0.593. The number of H-pyrrole nitrogens is 1. The molecule has 0 amide bonds. The summed E-state index contributed by atoms with van der Waals surface area (Å²) in [6.45, 7) is 3.09. The molecule has 0 bridgehead atoms. The Morgan fingerprint density at radius 2 is 1.84 bits per heavy atom. The molecular weight excluding hydrogens is 491 g/mol. The van der Waals surface area contributed by atoms with Crippen LogP contribution in [0.1, 0.15) is 29.7 Å². The van der Waals surface area contributed by atoms with Gasteiger partial charge in [-0.05, 0) is 50.2 Å². The number of rotatable bonds is 5. The predicted molar refractivity (Wildman–Crippen MR) is 128 cm³/mol. The molecule has 4 aromatic heterocycles. The molecule has 9 nitrogen and oxygen atoms in total. The van der Waals surface area contributed by atoms with Gasteiger partial charge < -0.3 is 9.73 Å². The van der Waals surface area contributed by atoms with Gasteiger partial charge >= 0.3 is 11.9 Å². The molecule has 2 N–H and O–H groups in total. The smallest absolute Gasteiger partial charge is 0.439 e. The highest BCUT2D eigenvalue weighted by molar-refractivity contribution is 5.84. The van der Waals surface area contributed by atoms with E-state index < -0.39 is 29.0 Å². The Kier molecular flexibility index (Phi) is 5.86. The maximum atomic E-state index is 13.8. The standard InChI is InChI=1S/C25H18F3N5O4/c1-12-20(34)16-11-14(25(26,27)28)10-15(22(16)36-21(12)18-6-3-4-8-29-18)13(2)31-17-7-5-9-30-19(17)23-32-24(35)37-33-23/h3-11,13,31H,1-2H3,(H,32,33,35). The number of nitrogens with zero attached hydrogens (tertiary/aromatic N) is 3. The predicted octanol–water partition coefficient (Wildman–Crippen LogP) is 5.09. The van der Waals surface area contributed by atoms with Crippen LogP contribution < -0.4 is 16.5 Å². The highest BCUT2D eigenvalue weighted by Gasteiger charge is 2.33. The molecule has 1 unspecified atom stereocenters. The molecular formula is C25H18F3N5O4. The van der Waals surface area contributed by atoms with E-state index in [0.29, 0.717) is 11.4 Å². The second-order valence-electron chi connectivity index (χ2n) is 8.25. The van der Waals surface area contributed by atoms with Crippen molar-refractivity contribution >= 4 is 16.7 Å². The zero-order chi connectivity index (χ0) is 26.3. The van der Waals surface area contributed by atoms with Crippen LogP contribution in [-0.2, 0) is 6.18 Å². The molecule has 5 rings (SSSR count). The van der Waals surface area contributed by atoms with Crippen molar-refractivity contribution in [1.29, 1.82) is 0 Å². The molecule has 188 valence electrons. The first-order valence-corrected chi connectivity index (χ1v) is 11.0. The van der Waals surface area contributed by atoms with Gasteiger partial charge in [0.05, 0.1) is 22.7 Å². The summed E-state index contributed by atoms with van der Waals surface area (Å²) in [5.41, 5.74) is -0.437. The molecule has 0 spiro atoms. The number of aromatic nitrogens is 4. The fourth-order valence-corrected chi connectivity index (χ4v) is 4.00. The summed E-state index contributed by atoms with van der Waals surface area (Å²) in [5, 5.41) is 6.51. The molecule has 1 atom stereocenters. The van der Waals surface area contributed by atoms with Gasteiger partial charge in [0.15, 0.2) is 11.2 Å². The fraction of sp³-hybridized carbons (Fsp3) is 0.160. The van der Waals surface area contributed by atoms with Gasteiger partial charge in [-0.15, -0.1) is 0 Å². The van der Waals surface area contributed by atoms with Crippen LogP contribution in [0.4, 0.5) is 18.9 Å². The summed E-state index contributed by atoms with van der Waals surface area (Å²) in [6.07, 6.45) is -1.73. The molecule has 4 heterocycles. The largest absolute Gasteiger partial charge is 0.454 e. The van der Waals surface area contributed by atoms with Crippen molar-refractivity contribution in [2.24, 2.45) is 0 Å². The van der Waals surface area contributed by atoms with E-state index in [1.54, 1.807) is 37.3 Å². The van der Waals surface area contributed by atoms with Crippen molar-refractivity contribution in [3.05, 3.63) is 92.3 Å². The van der Waals surface area contributed by atoms with Crippen LogP contribution in [0.25, 0.3) is 33.9 Å². The van der Waals surface area contributed by atoms with Gasteiger partial charge in [-0.25, -0.2) is 4.79 Å². The van der Waals surface area contributed by atoms with Crippen LogP contribution >= 0.6 is 0 Å². The number of fused-ring (bicyclic) bond motifs is 1. The van der Waals surface area contributed by atoms with Crippen molar-refractivity contribution in [2.75, 3.05) is 5.32 Å². The zero-order valence-electron chi connectivity index (χ0n) is 19.4. The Morgan fingerprint density at radius 1 is 1.05 bits per heavy atom. The van der Waals surface area contributed by atoms with Gasteiger partial charge in [-0.3, -0.25) is 24.3 Å². The number of hydrogen-bond donors (Lipinski definition) is 2. The lowest BCUT2D eigenvalue weighted by Gasteiger charge is -2.20. The van der Waals surface area contributed by atoms with Gasteiger partial charge in [-0.2, -0.15) is 13.2 Å². The monoisotopic (exact) mass is 509 g/mol. The van der Waals surface area contributed by atoms with Crippen LogP contribution in [0.15, 0.2) is 73.4 Å². The second-order valence-corrected chi connectivity index (χ2v) is 8.25. The zero-order valence-corrected chi connectivity index (χ0v) is 19.4. The first kappa shape index (κ1) is 24.0. The maximum absolute atomic E-state index is 13.8. The highest BCUT2D eigenvalue weighted by Crippen LogP contribution is 2.37. The van der Waals surface area contributed by atoms with Crippen molar-refractivity contribution in [1.82, 2.24) is 20.1 Å². The fourth-order valence-electron chi connectivity index (χ4n) is 4.00. The van der Waals surface area contributed by atoms with Crippen LogP contribution in [0.5, 0.6) is 0 Å². The SMILES string of the molecule is Cc1c(-c2ccccn2)oc2c(C(C)Nc3cccnc3-c3noc(=O)[nH]3)cc(C(F)(F)F)cc2c1=O. The van der Waals surface area contributed by atoms with Gasteiger partial charge in [-0.1, -0.05) is 11.2 Å². The van der Waals surface area contributed by atoms with E-state index in [1.165, 1.54) is 19.3 Å². The molecule has 0 saturated heterocycles. The molecule has 0 saturated carbocycles. The molecule has 0 radical (unpaired) electrons. The Labute approximate surface area is 206 Å². The lowest BCUT2D eigenvalue weighted by molar-refractivity contribution is -0.137. The Morgan fingerprint density at radius 3 is 2.51 bits per heavy atom. The normalized spacial score (nSPS) is 12.6. The van der Waals surface area contributed by atoms with Gasteiger partial charge in [0, 0.05) is 23.5 Å². The minimum absolute atomic E-state index is 0.00969. The Balaban J connectivity index is 1.70. The number of hydrogen-bond acceptors (Lipinski definition) is 8. The average molecular weight is 509 g/mol. The van der Waals surface area contributed by atoms with Crippen molar-refractivity contribution in [2.45, 2.75) is 26.1 Å². The lowest BCUT2D eigenvalue weighted by Crippen LogP contribution is -2.15. The minimum atomic E-state index is -4.71. The van der Waals surface area contributed by atoms with Crippen molar-refractivity contribution < 1.29 is 22.1 Å². The quantitative estimate of drug-likeness (QED) is 0.335. The molecule has 1 aromatic carbocycles. The van der Waals surface area contributed by atoms with Gasteiger partial charge in [0.25, 0.3) is 0 Å².